The molecule has 0 unspecified atom stereocenters. The van der Waals surface area contributed by atoms with Gasteiger partial charge >= 0.3 is 0 Å². The Morgan fingerprint density at radius 3 is 2.12 bits per heavy atom. The molecule has 0 amide bonds. The number of hydrogen-bond acceptors (Lipinski definition) is 5. The van der Waals surface area contributed by atoms with Gasteiger partial charge in [0.2, 0.25) is 16.0 Å². The van der Waals surface area contributed by atoms with Crippen molar-refractivity contribution >= 4 is 16.0 Å². The van der Waals surface area contributed by atoms with Gasteiger partial charge in [-0.15, -0.1) is 0 Å². The first-order valence-electron chi connectivity index (χ1n) is 7.69. The molecule has 2 aromatic rings. The number of aromatic nitrogens is 2. The maximum Gasteiger partial charge on any atom is 0.241 e. The van der Waals surface area contributed by atoms with Crippen molar-refractivity contribution in [1.29, 1.82) is 0 Å². The van der Waals surface area contributed by atoms with E-state index in [0.717, 1.165) is 22.4 Å². The number of nitrogens with one attached hydrogen (secondary N) is 1. The minimum absolute atomic E-state index is 0.124. The molecule has 7 heteroatoms. The molecule has 0 radical (unpaired) electrons. The fourth-order valence-electron chi connectivity index (χ4n) is 2.74. The third kappa shape index (κ3) is 4.10. The SMILES string of the molecule is Cc1cc(C)c(S(=O)(=O)NCc2cc(C)nc(N(C)C)n2)c(C)c1. The zero-order chi connectivity index (χ0) is 18.1. The maximum atomic E-state index is 12.7. The molecule has 1 aromatic heterocycles. The third-order valence-electron chi connectivity index (χ3n) is 3.61. The Hall–Kier alpha value is -1.99. The molecule has 0 spiro atoms. The van der Waals surface area contributed by atoms with Gasteiger partial charge in [0.15, 0.2) is 0 Å². The molecule has 0 atom stereocenters. The van der Waals surface area contributed by atoms with Gasteiger partial charge in [-0.05, 0) is 44.9 Å². The van der Waals surface area contributed by atoms with Crippen LogP contribution in [0.2, 0.25) is 0 Å². The molecule has 0 fully saturated rings. The monoisotopic (exact) mass is 348 g/mol. The van der Waals surface area contributed by atoms with Crippen LogP contribution in [0.25, 0.3) is 0 Å². The predicted molar refractivity (Wildman–Crippen MR) is 95.8 cm³/mol. The molecule has 0 bridgehead atoms. The molecule has 2 rings (SSSR count). The molecule has 0 aliphatic rings. The molecule has 24 heavy (non-hydrogen) atoms. The first kappa shape index (κ1) is 18.4. The quantitative estimate of drug-likeness (QED) is 0.897. The van der Waals surface area contributed by atoms with Gasteiger partial charge < -0.3 is 4.90 Å². The highest BCUT2D eigenvalue weighted by Gasteiger charge is 2.20. The van der Waals surface area contributed by atoms with Crippen LogP contribution in [0, 0.1) is 27.7 Å². The van der Waals surface area contributed by atoms with Crippen molar-refractivity contribution in [2.24, 2.45) is 0 Å². The van der Waals surface area contributed by atoms with E-state index in [1.165, 1.54) is 0 Å². The zero-order valence-electron chi connectivity index (χ0n) is 15.0. The minimum Gasteiger partial charge on any atom is -0.347 e. The largest absolute Gasteiger partial charge is 0.347 e. The Morgan fingerprint density at radius 2 is 1.58 bits per heavy atom. The van der Waals surface area contributed by atoms with Gasteiger partial charge in [-0.25, -0.2) is 23.1 Å². The Balaban J connectivity index is 2.29. The highest BCUT2D eigenvalue weighted by Crippen LogP contribution is 2.21. The summed E-state index contributed by atoms with van der Waals surface area (Å²) in [5, 5.41) is 0. The second-order valence-electron chi connectivity index (χ2n) is 6.25. The van der Waals surface area contributed by atoms with Crippen LogP contribution < -0.4 is 9.62 Å². The summed E-state index contributed by atoms with van der Waals surface area (Å²) in [5.41, 5.74) is 3.97. The van der Waals surface area contributed by atoms with Gasteiger partial charge in [-0.1, -0.05) is 17.7 Å². The van der Waals surface area contributed by atoms with Crippen molar-refractivity contribution in [3.63, 3.8) is 0 Å². The van der Waals surface area contributed by atoms with Crippen LogP contribution in [-0.2, 0) is 16.6 Å². The first-order valence-corrected chi connectivity index (χ1v) is 9.18. The van der Waals surface area contributed by atoms with Crippen LogP contribution in [-0.4, -0.2) is 32.5 Å². The molecule has 6 nitrogen and oxygen atoms in total. The molecule has 1 heterocycles. The lowest BCUT2D eigenvalue weighted by Gasteiger charge is -2.15. The standard InChI is InChI=1S/C17H24N4O2S/c1-11-7-12(2)16(13(3)8-11)24(22,23)18-10-15-9-14(4)19-17(20-15)21(5)6/h7-9,18H,10H2,1-6H3. The van der Waals surface area contributed by atoms with E-state index >= 15 is 0 Å². The predicted octanol–water partition coefficient (Wildman–Crippen LogP) is 2.25. The van der Waals surface area contributed by atoms with E-state index in [0.29, 0.717) is 16.5 Å². The van der Waals surface area contributed by atoms with E-state index in [4.69, 9.17) is 0 Å². The van der Waals surface area contributed by atoms with Crippen molar-refractivity contribution in [3.8, 4) is 0 Å². The first-order chi connectivity index (χ1) is 11.1. The van der Waals surface area contributed by atoms with Crippen LogP contribution in [0.15, 0.2) is 23.1 Å². The molecule has 0 saturated heterocycles. The molecular formula is C17H24N4O2S. The average Bonchev–Trinajstić information content (AvgIpc) is 2.43. The van der Waals surface area contributed by atoms with E-state index in [1.54, 1.807) is 11.0 Å². The Bertz CT molecular complexity index is 838. The highest BCUT2D eigenvalue weighted by atomic mass is 32.2. The Morgan fingerprint density at radius 1 is 1.00 bits per heavy atom. The number of anilines is 1. The number of aryl methyl sites for hydroxylation is 4. The second kappa shape index (κ2) is 6.86. The van der Waals surface area contributed by atoms with Gasteiger partial charge in [0.1, 0.15) is 0 Å². The smallest absolute Gasteiger partial charge is 0.241 e. The molecule has 0 aliphatic heterocycles. The summed E-state index contributed by atoms with van der Waals surface area (Å²) < 4.78 is 28.0. The number of rotatable bonds is 5. The van der Waals surface area contributed by atoms with E-state index in [1.807, 2.05) is 53.9 Å². The third-order valence-corrected chi connectivity index (χ3v) is 5.32. The summed E-state index contributed by atoms with van der Waals surface area (Å²) in [6.45, 7) is 7.57. The van der Waals surface area contributed by atoms with Crippen molar-refractivity contribution in [2.45, 2.75) is 39.1 Å². The van der Waals surface area contributed by atoms with E-state index in [2.05, 4.69) is 14.7 Å². The normalized spacial score (nSPS) is 11.6. The van der Waals surface area contributed by atoms with Crippen LogP contribution >= 0.6 is 0 Å². The van der Waals surface area contributed by atoms with Crippen molar-refractivity contribution < 1.29 is 8.42 Å². The van der Waals surface area contributed by atoms with Gasteiger partial charge in [0, 0.05) is 19.8 Å². The Labute approximate surface area is 144 Å². The van der Waals surface area contributed by atoms with E-state index < -0.39 is 10.0 Å². The topological polar surface area (TPSA) is 75.2 Å². The van der Waals surface area contributed by atoms with Crippen molar-refractivity contribution in [3.05, 3.63) is 46.3 Å². The summed E-state index contributed by atoms with van der Waals surface area (Å²) >= 11 is 0. The molecule has 0 aliphatic carbocycles. The summed E-state index contributed by atoms with van der Waals surface area (Å²) in [5.74, 6) is 0.562. The number of nitrogens with zero attached hydrogens (tertiary/aromatic N) is 3. The lowest BCUT2D eigenvalue weighted by Crippen LogP contribution is -2.26. The Kier molecular flexibility index (Phi) is 5.25. The summed E-state index contributed by atoms with van der Waals surface area (Å²) in [6.07, 6.45) is 0. The highest BCUT2D eigenvalue weighted by molar-refractivity contribution is 7.89. The van der Waals surface area contributed by atoms with Crippen LogP contribution in [0.1, 0.15) is 28.1 Å². The number of hydrogen-bond donors (Lipinski definition) is 1. The fraction of sp³-hybridized carbons (Fsp3) is 0.412. The van der Waals surface area contributed by atoms with Crippen LogP contribution in [0.5, 0.6) is 0 Å². The molecule has 130 valence electrons. The maximum absolute atomic E-state index is 12.7. The zero-order valence-corrected chi connectivity index (χ0v) is 15.8. The van der Waals surface area contributed by atoms with Crippen LogP contribution in [0.3, 0.4) is 0 Å². The van der Waals surface area contributed by atoms with E-state index in [-0.39, 0.29) is 6.54 Å². The van der Waals surface area contributed by atoms with Gasteiger partial charge in [-0.2, -0.15) is 0 Å². The number of benzene rings is 1. The van der Waals surface area contributed by atoms with Crippen LogP contribution in [0.4, 0.5) is 5.95 Å². The van der Waals surface area contributed by atoms with Gasteiger partial charge in [-0.3, -0.25) is 0 Å². The lowest BCUT2D eigenvalue weighted by atomic mass is 10.1. The number of sulfonamides is 1. The molecule has 1 N–H and O–H groups in total. The summed E-state index contributed by atoms with van der Waals surface area (Å²) in [7, 11) is 0.0914. The summed E-state index contributed by atoms with van der Waals surface area (Å²) in [4.78, 5) is 10.8. The van der Waals surface area contributed by atoms with Gasteiger partial charge in [0.05, 0.1) is 17.1 Å². The van der Waals surface area contributed by atoms with Crippen molar-refractivity contribution in [2.75, 3.05) is 19.0 Å². The average molecular weight is 348 g/mol. The lowest BCUT2D eigenvalue weighted by molar-refractivity contribution is 0.579. The second-order valence-corrected chi connectivity index (χ2v) is 7.95. The summed E-state index contributed by atoms with van der Waals surface area (Å²) in [6, 6.07) is 5.53. The minimum atomic E-state index is -3.61. The van der Waals surface area contributed by atoms with E-state index in [9.17, 15) is 8.42 Å². The molecule has 1 aromatic carbocycles. The fourth-order valence-corrected chi connectivity index (χ4v) is 4.19. The molecule has 0 saturated carbocycles. The van der Waals surface area contributed by atoms with Gasteiger partial charge in [0.25, 0.3) is 0 Å². The van der Waals surface area contributed by atoms with Crippen molar-refractivity contribution in [1.82, 2.24) is 14.7 Å². The molecular weight excluding hydrogens is 324 g/mol.